The maximum Gasteiger partial charge on any atom is 0.338 e. The van der Waals surface area contributed by atoms with Crippen molar-refractivity contribution < 1.29 is 14.6 Å². The molecule has 4 heteroatoms. The Morgan fingerprint density at radius 1 is 1.09 bits per heavy atom. The van der Waals surface area contributed by atoms with Crippen LogP contribution in [0.15, 0.2) is 66.2 Å². The van der Waals surface area contributed by atoms with Gasteiger partial charge in [-0.2, -0.15) is 0 Å². The molecule has 0 bridgehead atoms. The van der Waals surface area contributed by atoms with Gasteiger partial charge in [0.15, 0.2) is 0 Å². The average molecular weight is 408 g/mol. The van der Waals surface area contributed by atoms with Crippen molar-refractivity contribution in [2.24, 2.45) is 0 Å². The number of rotatable bonds is 5. The zero-order valence-electron chi connectivity index (χ0n) is 12.2. The Morgan fingerprint density at radius 2 is 1.64 bits per heavy atom. The molecule has 2 rings (SSSR count). The van der Waals surface area contributed by atoms with Crippen LogP contribution in [-0.4, -0.2) is 17.7 Å². The van der Waals surface area contributed by atoms with E-state index in [2.05, 4.69) is 22.6 Å². The number of benzene rings is 2. The molecule has 1 unspecified atom stereocenters. The highest BCUT2D eigenvalue weighted by Crippen LogP contribution is 2.34. The van der Waals surface area contributed by atoms with E-state index in [0.29, 0.717) is 9.14 Å². The molecule has 0 aromatic heterocycles. The normalized spacial score (nSPS) is 13.2. The molecule has 0 amide bonds. The Labute approximate surface area is 143 Å². The van der Waals surface area contributed by atoms with Crippen LogP contribution in [0.25, 0.3) is 3.58 Å². The maximum atomic E-state index is 12.3. The quantitative estimate of drug-likeness (QED) is 0.460. The summed E-state index contributed by atoms with van der Waals surface area (Å²) in [7, 11) is 0. The van der Waals surface area contributed by atoms with Gasteiger partial charge in [-0.3, -0.25) is 0 Å². The summed E-state index contributed by atoms with van der Waals surface area (Å²) in [6.45, 7) is 2.02. The fraction of sp³-hybridized carbons (Fsp3) is 0.167. The summed E-state index contributed by atoms with van der Waals surface area (Å²) in [6, 6.07) is 18.6. The third-order valence-electron chi connectivity index (χ3n) is 3.15. The van der Waals surface area contributed by atoms with Gasteiger partial charge in [0.05, 0.1) is 12.2 Å². The molecule has 0 heterocycles. The predicted octanol–water partition coefficient (Wildman–Crippen LogP) is 4.13. The number of aliphatic hydroxyl groups is 1. The molecule has 0 aliphatic rings. The molecule has 0 aliphatic carbocycles. The second-order valence-electron chi connectivity index (χ2n) is 4.63. The van der Waals surface area contributed by atoms with Gasteiger partial charge in [-0.15, -0.1) is 0 Å². The van der Waals surface area contributed by atoms with E-state index >= 15 is 0 Å². The van der Waals surface area contributed by atoms with Gasteiger partial charge in [0, 0.05) is 3.58 Å². The fourth-order valence-electron chi connectivity index (χ4n) is 2.07. The van der Waals surface area contributed by atoms with Crippen molar-refractivity contribution >= 4 is 32.1 Å². The number of carbonyl (C=O) groups is 1. The lowest BCUT2D eigenvalue weighted by Gasteiger charge is -2.17. The van der Waals surface area contributed by atoms with E-state index in [9.17, 15) is 9.90 Å². The van der Waals surface area contributed by atoms with E-state index in [-0.39, 0.29) is 12.2 Å². The predicted molar refractivity (Wildman–Crippen MR) is 95.4 cm³/mol. The first-order valence-electron chi connectivity index (χ1n) is 7.00. The molecular weight excluding hydrogens is 391 g/mol. The molecule has 114 valence electrons. The summed E-state index contributed by atoms with van der Waals surface area (Å²) >= 11 is 2.09. The Morgan fingerprint density at radius 3 is 2.18 bits per heavy atom. The number of hydrogen-bond acceptors (Lipinski definition) is 3. The van der Waals surface area contributed by atoms with Crippen LogP contribution >= 0.6 is 22.6 Å². The van der Waals surface area contributed by atoms with E-state index in [0.717, 1.165) is 5.56 Å². The smallest absolute Gasteiger partial charge is 0.338 e. The van der Waals surface area contributed by atoms with E-state index < -0.39 is 12.1 Å². The van der Waals surface area contributed by atoms with Crippen LogP contribution in [0.3, 0.4) is 0 Å². The topological polar surface area (TPSA) is 46.5 Å². The Bertz CT molecular complexity index is 651. The van der Waals surface area contributed by atoms with Crippen molar-refractivity contribution in [3.8, 4) is 0 Å². The van der Waals surface area contributed by atoms with E-state index in [1.165, 1.54) is 0 Å². The molecule has 0 saturated carbocycles. The number of ether oxygens (including phenoxy) is 1. The first-order valence-corrected chi connectivity index (χ1v) is 8.08. The standard InChI is InChI=1S/C18H17IO3/c1-2-22-18(21)15(16(19)13-9-5-3-6-10-13)17(20)14-11-7-4-8-12-14/h3-12,17,20H,2H2,1H3/b16-15-. The lowest BCUT2D eigenvalue weighted by Crippen LogP contribution is -2.16. The highest BCUT2D eigenvalue weighted by atomic mass is 127. The molecule has 0 radical (unpaired) electrons. The van der Waals surface area contributed by atoms with Crippen molar-refractivity contribution in [3.05, 3.63) is 77.4 Å². The van der Waals surface area contributed by atoms with E-state index in [4.69, 9.17) is 4.74 Å². The summed E-state index contributed by atoms with van der Waals surface area (Å²) in [5, 5.41) is 10.6. The second-order valence-corrected chi connectivity index (χ2v) is 5.71. The zero-order chi connectivity index (χ0) is 15.9. The zero-order valence-corrected chi connectivity index (χ0v) is 14.4. The van der Waals surface area contributed by atoms with Crippen molar-refractivity contribution in [2.75, 3.05) is 6.61 Å². The van der Waals surface area contributed by atoms with Crippen LogP contribution in [0.2, 0.25) is 0 Å². The second kappa shape index (κ2) is 8.10. The summed E-state index contributed by atoms with van der Waals surface area (Å²) in [5.74, 6) is -0.493. The average Bonchev–Trinajstić information content (AvgIpc) is 2.56. The molecule has 2 aromatic rings. The molecule has 1 atom stereocenters. The molecule has 0 saturated heterocycles. The lowest BCUT2D eigenvalue weighted by atomic mass is 9.99. The van der Waals surface area contributed by atoms with Crippen molar-refractivity contribution in [1.82, 2.24) is 0 Å². The van der Waals surface area contributed by atoms with Crippen molar-refractivity contribution in [3.63, 3.8) is 0 Å². The molecule has 2 aromatic carbocycles. The van der Waals surface area contributed by atoms with Gasteiger partial charge in [-0.1, -0.05) is 60.7 Å². The van der Waals surface area contributed by atoms with Gasteiger partial charge in [-0.25, -0.2) is 4.79 Å². The Kier molecular flexibility index (Phi) is 6.15. The minimum atomic E-state index is -1.02. The highest BCUT2D eigenvalue weighted by molar-refractivity contribution is 14.1. The van der Waals surface area contributed by atoms with Crippen molar-refractivity contribution in [1.29, 1.82) is 0 Å². The van der Waals surface area contributed by atoms with Gasteiger partial charge in [0.25, 0.3) is 0 Å². The SMILES string of the molecule is CCOC(=O)/C(=C(\I)c1ccccc1)C(O)c1ccccc1. The third-order valence-corrected chi connectivity index (χ3v) is 4.35. The van der Waals surface area contributed by atoms with Crippen LogP contribution in [-0.2, 0) is 9.53 Å². The van der Waals surface area contributed by atoms with Gasteiger partial charge in [-0.05, 0) is 40.6 Å². The van der Waals surface area contributed by atoms with Gasteiger partial charge in [0.1, 0.15) is 6.10 Å². The molecule has 0 aliphatic heterocycles. The number of esters is 1. The number of carbonyl (C=O) groups excluding carboxylic acids is 1. The summed E-state index contributed by atoms with van der Waals surface area (Å²) in [5.41, 5.74) is 1.80. The van der Waals surface area contributed by atoms with Gasteiger partial charge < -0.3 is 9.84 Å². The fourth-order valence-corrected chi connectivity index (χ4v) is 2.95. The molecule has 22 heavy (non-hydrogen) atoms. The van der Waals surface area contributed by atoms with Crippen molar-refractivity contribution in [2.45, 2.75) is 13.0 Å². The molecule has 0 spiro atoms. The molecular formula is C18H17IO3. The monoisotopic (exact) mass is 408 g/mol. The molecule has 0 fully saturated rings. The number of aliphatic hydroxyl groups excluding tert-OH is 1. The van der Waals surface area contributed by atoms with Gasteiger partial charge >= 0.3 is 5.97 Å². The third kappa shape index (κ3) is 3.96. The van der Waals surface area contributed by atoms with Crippen LogP contribution in [0, 0.1) is 0 Å². The van der Waals surface area contributed by atoms with E-state index in [1.807, 2.05) is 48.5 Å². The number of hydrogen-bond donors (Lipinski definition) is 1. The van der Waals surface area contributed by atoms with E-state index in [1.54, 1.807) is 19.1 Å². The molecule has 1 N–H and O–H groups in total. The first-order chi connectivity index (χ1) is 10.6. The number of halogens is 1. The highest BCUT2D eigenvalue weighted by Gasteiger charge is 2.25. The lowest BCUT2D eigenvalue weighted by molar-refractivity contribution is -0.139. The summed E-state index contributed by atoms with van der Waals surface area (Å²) < 4.78 is 5.82. The van der Waals surface area contributed by atoms with Crippen LogP contribution in [0.1, 0.15) is 24.2 Å². The first kappa shape index (κ1) is 16.7. The largest absolute Gasteiger partial charge is 0.463 e. The maximum absolute atomic E-state index is 12.3. The Hall–Kier alpha value is -1.66. The Balaban J connectivity index is 2.50. The summed E-state index contributed by atoms with van der Waals surface area (Å²) in [4.78, 5) is 12.3. The minimum absolute atomic E-state index is 0.264. The van der Waals surface area contributed by atoms with Crippen LogP contribution in [0.5, 0.6) is 0 Å². The van der Waals surface area contributed by atoms with Crippen LogP contribution < -0.4 is 0 Å². The molecule has 3 nitrogen and oxygen atoms in total. The summed E-state index contributed by atoms with van der Waals surface area (Å²) in [6.07, 6.45) is -1.02. The van der Waals surface area contributed by atoms with Crippen LogP contribution in [0.4, 0.5) is 0 Å². The minimum Gasteiger partial charge on any atom is -0.463 e. The van der Waals surface area contributed by atoms with Gasteiger partial charge in [0.2, 0.25) is 0 Å².